The van der Waals surface area contributed by atoms with Crippen LogP contribution >= 0.6 is 0 Å². The maximum atomic E-state index is 15.0. The predicted molar refractivity (Wildman–Crippen MR) is 97.0 cm³/mol. The van der Waals surface area contributed by atoms with Crippen LogP contribution in [0.3, 0.4) is 0 Å². The molecule has 4 rings (SSSR count). The Morgan fingerprint density at radius 1 is 1.27 bits per heavy atom. The second-order valence-corrected chi connectivity index (χ2v) is 9.35. The Balaban J connectivity index is 2.17. The minimum absolute atomic E-state index is 0.159. The molecule has 9 heteroatoms. The van der Waals surface area contributed by atoms with E-state index < -0.39 is 21.3 Å². The SMILES string of the molecule is Cc1cc2c3c(nc(=O)n2C)N2CC(C)N(C)CC2CS(=O)(=O)c3c1F. The van der Waals surface area contributed by atoms with Crippen molar-refractivity contribution in [2.24, 2.45) is 7.05 Å². The van der Waals surface area contributed by atoms with Gasteiger partial charge in [0, 0.05) is 26.2 Å². The first-order valence-electron chi connectivity index (χ1n) is 8.51. The van der Waals surface area contributed by atoms with Crippen molar-refractivity contribution in [2.75, 3.05) is 30.8 Å². The molecule has 0 spiro atoms. The van der Waals surface area contributed by atoms with E-state index in [-0.39, 0.29) is 39.5 Å². The zero-order chi connectivity index (χ0) is 19.0. The zero-order valence-electron chi connectivity index (χ0n) is 15.2. The molecular formula is C17H21FN4O3S. The van der Waals surface area contributed by atoms with Crippen molar-refractivity contribution in [2.45, 2.75) is 30.8 Å². The first-order valence-corrected chi connectivity index (χ1v) is 10.2. The quantitative estimate of drug-likeness (QED) is 0.669. The van der Waals surface area contributed by atoms with Crippen LogP contribution in [0.5, 0.6) is 0 Å². The van der Waals surface area contributed by atoms with Crippen molar-refractivity contribution in [3.8, 4) is 0 Å². The van der Waals surface area contributed by atoms with Crippen LogP contribution in [0.4, 0.5) is 10.2 Å². The highest BCUT2D eigenvalue weighted by molar-refractivity contribution is 7.91. The van der Waals surface area contributed by atoms with E-state index in [1.807, 2.05) is 18.9 Å². The lowest BCUT2D eigenvalue weighted by molar-refractivity contribution is 0.206. The summed E-state index contributed by atoms with van der Waals surface area (Å²) in [4.78, 5) is 20.2. The maximum Gasteiger partial charge on any atom is 0.349 e. The van der Waals surface area contributed by atoms with E-state index in [0.29, 0.717) is 18.6 Å². The second-order valence-electron chi connectivity index (χ2n) is 7.38. The Labute approximate surface area is 151 Å². The molecule has 0 aliphatic carbocycles. The molecule has 2 atom stereocenters. The van der Waals surface area contributed by atoms with Crippen LogP contribution in [-0.2, 0) is 16.9 Å². The molecule has 0 saturated carbocycles. The number of benzene rings is 1. The van der Waals surface area contributed by atoms with Gasteiger partial charge in [-0.15, -0.1) is 0 Å². The summed E-state index contributed by atoms with van der Waals surface area (Å²) in [6, 6.07) is 1.30. The topological polar surface area (TPSA) is 75.5 Å². The lowest BCUT2D eigenvalue weighted by Gasteiger charge is -2.43. The van der Waals surface area contributed by atoms with E-state index >= 15 is 0 Å². The molecule has 0 radical (unpaired) electrons. The van der Waals surface area contributed by atoms with Crippen molar-refractivity contribution >= 4 is 26.6 Å². The number of likely N-dealkylation sites (N-methyl/N-ethyl adjacent to an activating group) is 1. The fourth-order valence-corrected chi connectivity index (χ4v) is 5.87. The van der Waals surface area contributed by atoms with E-state index in [4.69, 9.17) is 0 Å². The van der Waals surface area contributed by atoms with Crippen LogP contribution < -0.4 is 10.6 Å². The van der Waals surface area contributed by atoms with E-state index in [1.54, 1.807) is 0 Å². The summed E-state index contributed by atoms with van der Waals surface area (Å²) in [7, 11) is -0.418. The van der Waals surface area contributed by atoms with E-state index in [0.717, 1.165) is 0 Å². The Bertz CT molecular complexity index is 1100. The summed E-state index contributed by atoms with van der Waals surface area (Å²) in [5, 5.41) is 0.217. The third kappa shape index (κ3) is 2.30. The van der Waals surface area contributed by atoms with E-state index in [1.165, 1.54) is 24.6 Å². The van der Waals surface area contributed by atoms with Gasteiger partial charge < -0.3 is 4.90 Å². The van der Waals surface area contributed by atoms with Gasteiger partial charge in [0.15, 0.2) is 9.84 Å². The highest BCUT2D eigenvalue weighted by Crippen LogP contribution is 2.39. The van der Waals surface area contributed by atoms with Gasteiger partial charge in [-0.25, -0.2) is 17.6 Å². The number of hydrogen-bond donors (Lipinski definition) is 0. The standard InChI is InChI=1S/C17H21FN4O3S/c1-9-5-12-13-15(14(9)18)26(24,25)8-11-7-20(3)10(2)6-22(11)16(13)19-17(23)21(12)4/h5,10-11H,6-8H2,1-4H3. The van der Waals surface area contributed by atoms with Crippen LogP contribution in [0.15, 0.2) is 15.8 Å². The van der Waals surface area contributed by atoms with Gasteiger partial charge in [0.25, 0.3) is 0 Å². The highest BCUT2D eigenvalue weighted by atomic mass is 32.2. The molecule has 2 aliphatic heterocycles. The molecule has 2 aliphatic rings. The number of fused-ring (bicyclic) bond motifs is 2. The van der Waals surface area contributed by atoms with Gasteiger partial charge in [-0.05, 0) is 32.5 Å². The fraction of sp³-hybridized carbons (Fsp3) is 0.529. The lowest BCUT2D eigenvalue weighted by atomic mass is 10.1. The smallest absolute Gasteiger partial charge is 0.349 e. The molecule has 140 valence electrons. The molecule has 26 heavy (non-hydrogen) atoms. The first-order chi connectivity index (χ1) is 12.1. The summed E-state index contributed by atoms with van der Waals surface area (Å²) >= 11 is 0. The summed E-state index contributed by atoms with van der Waals surface area (Å²) in [6.07, 6.45) is 0. The summed E-state index contributed by atoms with van der Waals surface area (Å²) < 4.78 is 42.4. The monoisotopic (exact) mass is 380 g/mol. The lowest BCUT2D eigenvalue weighted by Crippen LogP contribution is -2.58. The highest BCUT2D eigenvalue weighted by Gasteiger charge is 2.41. The van der Waals surface area contributed by atoms with Gasteiger partial charge in [0.2, 0.25) is 0 Å². The minimum Gasteiger partial charge on any atom is -0.349 e. The molecule has 1 saturated heterocycles. The number of halogens is 1. The average Bonchev–Trinajstić information content (AvgIpc) is 2.63. The van der Waals surface area contributed by atoms with Gasteiger partial charge in [-0.1, -0.05) is 0 Å². The summed E-state index contributed by atoms with van der Waals surface area (Å²) in [5.41, 5.74) is 0.118. The van der Waals surface area contributed by atoms with Gasteiger partial charge in [0.1, 0.15) is 16.5 Å². The van der Waals surface area contributed by atoms with Crippen LogP contribution in [0.1, 0.15) is 12.5 Å². The Morgan fingerprint density at radius 2 is 1.96 bits per heavy atom. The van der Waals surface area contributed by atoms with Crippen molar-refractivity contribution < 1.29 is 12.8 Å². The van der Waals surface area contributed by atoms with Crippen molar-refractivity contribution in [1.29, 1.82) is 0 Å². The van der Waals surface area contributed by atoms with Crippen LogP contribution in [0.25, 0.3) is 10.9 Å². The van der Waals surface area contributed by atoms with Gasteiger partial charge in [-0.3, -0.25) is 9.47 Å². The number of aromatic nitrogens is 2. The maximum absolute atomic E-state index is 15.0. The number of piperazine rings is 1. The Hall–Kier alpha value is -2.00. The van der Waals surface area contributed by atoms with Crippen molar-refractivity contribution in [3.05, 3.63) is 27.9 Å². The minimum atomic E-state index is -3.88. The third-order valence-corrected chi connectivity index (χ3v) is 7.43. The molecule has 7 nitrogen and oxygen atoms in total. The normalized spacial score (nSPS) is 25.2. The molecule has 0 amide bonds. The Kier molecular flexibility index (Phi) is 3.68. The molecule has 1 fully saturated rings. The first kappa shape index (κ1) is 17.4. The van der Waals surface area contributed by atoms with Crippen LogP contribution in [-0.4, -0.2) is 60.8 Å². The molecule has 2 unspecified atom stereocenters. The fourth-order valence-electron chi connectivity index (χ4n) is 3.97. The van der Waals surface area contributed by atoms with E-state index in [9.17, 15) is 17.6 Å². The molecule has 1 aromatic carbocycles. The van der Waals surface area contributed by atoms with Gasteiger partial charge >= 0.3 is 5.69 Å². The zero-order valence-corrected chi connectivity index (χ0v) is 16.0. The molecule has 2 aromatic rings. The number of sulfone groups is 1. The predicted octanol–water partition coefficient (Wildman–Crippen LogP) is 0.677. The largest absolute Gasteiger partial charge is 0.349 e. The summed E-state index contributed by atoms with van der Waals surface area (Å²) in [6.45, 7) is 4.58. The van der Waals surface area contributed by atoms with Gasteiger partial charge in [-0.2, -0.15) is 4.98 Å². The molecular weight excluding hydrogens is 359 g/mol. The average molecular weight is 380 g/mol. The van der Waals surface area contributed by atoms with Gasteiger partial charge in [0.05, 0.1) is 22.7 Å². The number of rotatable bonds is 0. The number of anilines is 1. The third-order valence-electron chi connectivity index (χ3n) is 5.60. The van der Waals surface area contributed by atoms with Crippen LogP contribution in [0.2, 0.25) is 0 Å². The van der Waals surface area contributed by atoms with Crippen molar-refractivity contribution in [1.82, 2.24) is 14.5 Å². The number of aryl methyl sites for hydroxylation is 2. The van der Waals surface area contributed by atoms with E-state index in [2.05, 4.69) is 9.88 Å². The van der Waals surface area contributed by atoms with Crippen LogP contribution in [0, 0.1) is 12.7 Å². The Morgan fingerprint density at radius 3 is 2.65 bits per heavy atom. The number of nitrogens with zero attached hydrogens (tertiary/aromatic N) is 4. The van der Waals surface area contributed by atoms with Crippen molar-refractivity contribution in [3.63, 3.8) is 0 Å². The molecule has 3 heterocycles. The molecule has 0 N–H and O–H groups in total. The molecule has 1 aromatic heterocycles. The summed E-state index contributed by atoms with van der Waals surface area (Å²) in [5.74, 6) is -0.670. The number of hydrogen-bond acceptors (Lipinski definition) is 6. The second kappa shape index (κ2) is 5.50. The molecule has 0 bridgehead atoms.